The first kappa shape index (κ1) is 24.5. The van der Waals surface area contributed by atoms with Gasteiger partial charge < -0.3 is 25.4 Å². The first-order valence-electron chi connectivity index (χ1n) is 12.6. The number of rotatable bonds is 7. The Hall–Kier alpha value is -3.23. The molecule has 2 aromatic carbocycles. The monoisotopic (exact) mass is 491 g/mol. The number of aryl methyl sites for hydroxylation is 2. The van der Waals surface area contributed by atoms with Gasteiger partial charge in [-0.1, -0.05) is 36.4 Å². The van der Waals surface area contributed by atoms with Crippen molar-refractivity contribution in [1.29, 1.82) is 0 Å². The third-order valence-corrected chi connectivity index (χ3v) is 8.14. The highest BCUT2D eigenvalue weighted by Gasteiger charge is 2.77. The minimum absolute atomic E-state index is 0.108. The average molecular weight is 492 g/mol. The third-order valence-electron chi connectivity index (χ3n) is 8.14. The van der Waals surface area contributed by atoms with Crippen LogP contribution in [-0.2, 0) is 19.1 Å². The largest absolute Gasteiger partial charge is 0.396 e. The smallest absolute Gasteiger partial charge is 0.250 e. The number of aliphatic hydroxyl groups is 1. The quantitative estimate of drug-likeness (QED) is 0.552. The molecule has 2 bridgehead atoms. The van der Waals surface area contributed by atoms with Gasteiger partial charge in [-0.05, 0) is 63.3 Å². The van der Waals surface area contributed by atoms with Gasteiger partial charge in [0.1, 0.15) is 11.6 Å². The molecule has 5 rings (SSSR count). The lowest BCUT2D eigenvalue weighted by atomic mass is 9.66. The molecule has 0 aliphatic carbocycles. The molecule has 3 fully saturated rings. The maximum Gasteiger partial charge on any atom is 0.250 e. The maximum atomic E-state index is 13.9. The molecule has 0 radical (unpaired) electrons. The van der Waals surface area contributed by atoms with Crippen LogP contribution in [0.1, 0.15) is 37.3 Å². The molecule has 3 aliphatic rings. The van der Waals surface area contributed by atoms with Crippen LogP contribution in [0.5, 0.6) is 0 Å². The summed E-state index contributed by atoms with van der Waals surface area (Å²) in [5, 5.41) is 15.5. The molecule has 8 heteroatoms. The molecule has 190 valence electrons. The van der Waals surface area contributed by atoms with Crippen molar-refractivity contribution < 1.29 is 24.2 Å². The summed E-state index contributed by atoms with van der Waals surface area (Å²) in [5.41, 5.74) is 1.27. The van der Waals surface area contributed by atoms with Gasteiger partial charge in [0, 0.05) is 24.5 Å². The van der Waals surface area contributed by atoms with Crippen LogP contribution in [0.4, 0.5) is 11.4 Å². The van der Waals surface area contributed by atoms with Crippen molar-refractivity contribution in [2.24, 2.45) is 11.8 Å². The summed E-state index contributed by atoms with van der Waals surface area (Å²) in [5.74, 6) is -2.36. The second kappa shape index (κ2) is 9.01. The summed E-state index contributed by atoms with van der Waals surface area (Å²) < 4.78 is 6.61. The zero-order valence-corrected chi connectivity index (χ0v) is 20.9. The normalized spacial score (nSPS) is 30.4. The third kappa shape index (κ3) is 3.71. The zero-order chi connectivity index (χ0) is 25.7. The summed E-state index contributed by atoms with van der Waals surface area (Å²) in [4.78, 5) is 42.9. The Morgan fingerprint density at radius 2 is 1.72 bits per heavy atom. The van der Waals surface area contributed by atoms with Crippen LogP contribution in [0.3, 0.4) is 0 Å². The number of ether oxygens (including phenoxy) is 1. The highest BCUT2D eigenvalue weighted by Crippen LogP contribution is 2.63. The van der Waals surface area contributed by atoms with Gasteiger partial charge in [-0.15, -0.1) is 0 Å². The predicted octanol–water partition coefficient (Wildman–Crippen LogP) is 3.03. The fourth-order valence-corrected chi connectivity index (χ4v) is 6.55. The second-order valence-corrected chi connectivity index (χ2v) is 10.4. The van der Waals surface area contributed by atoms with Crippen LogP contribution in [0, 0.1) is 25.7 Å². The Kier molecular flexibility index (Phi) is 6.12. The molecule has 3 heterocycles. The minimum Gasteiger partial charge on any atom is -0.396 e. The van der Waals surface area contributed by atoms with Crippen LogP contribution in [0.15, 0.2) is 48.5 Å². The number of likely N-dealkylation sites (tertiary alicyclic amines) is 1. The van der Waals surface area contributed by atoms with E-state index in [4.69, 9.17) is 4.74 Å². The van der Waals surface area contributed by atoms with Crippen molar-refractivity contribution in [3.63, 3.8) is 0 Å². The van der Waals surface area contributed by atoms with Gasteiger partial charge in [-0.25, -0.2) is 0 Å². The van der Waals surface area contributed by atoms with Gasteiger partial charge in [0.05, 0.1) is 17.4 Å². The van der Waals surface area contributed by atoms with Crippen LogP contribution in [-0.4, -0.2) is 58.1 Å². The molecule has 3 saturated heterocycles. The van der Waals surface area contributed by atoms with Gasteiger partial charge in [-0.2, -0.15) is 0 Å². The fraction of sp³-hybridized carbons (Fsp3) is 0.464. The van der Waals surface area contributed by atoms with E-state index in [1.807, 2.05) is 57.2 Å². The van der Waals surface area contributed by atoms with Gasteiger partial charge in [-0.3, -0.25) is 14.4 Å². The number of amides is 3. The first-order chi connectivity index (χ1) is 17.2. The van der Waals surface area contributed by atoms with E-state index < -0.39 is 29.1 Å². The second-order valence-electron chi connectivity index (χ2n) is 10.4. The Morgan fingerprint density at radius 3 is 2.39 bits per heavy atom. The van der Waals surface area contributed by atoms with Crippen LogP contribution in [0.2, 0.25) is 0 Å². The van der Waals surface area contributed by atoms with Crippen molar-refractivity contribution in [3.05, 3.63) is 59.7 Å². The number of anilines is 2. The molecule has 5 atom stereocenters. The highest BCUT2D eigenvalue weighted by molar-refractivity contribution is 6.05. The molecule has 3 amide bonds. The van der Waals surface area contributed by atoms with E-state index in [-0.39, 0.29) is 30.9 Å². The number of carbonyl (C=O) groups is 3. The number of fused-ring (bicyclic) bond motifs is 1. The van der Waals surface area contributed by atoms with Gasteiger partial charge in [0.15, 0.2) is 0 Å². The van der Waals surface area contributed by atoms with Gasteiger partial charge in [0.25, 0.3) is 0 Å². The molecule has 2 unspecified atom stereocenters. The molecular formula is C28H33N3O5. The Labute approximate surface area is 211 Å². The van der Waals surface area contributed by atoms with Crippen LogP contribution >= 0.6 is 0 Å². The van der Waals surface area contributed by atoms with Crippen LogP contribution in [0.25, 0.3) is 0 Å². The maximum absolute atomic E-state index is 13.9. The predicted molar refractivity (Wildman–Crippen MR) is 135 cm³/mol. The lowest BCUT2D eigenvalue weighted by Gasteiger charge is -2.33. The number of carbonyl (C=O) groups excluding carboxylic acids is 3. The molecule has 0 aromatic heterocycles. The van der Waals surface area contributed by atoms with Gasteiger partial charge in [0.2, 0.25) is 17.7 Å². The number of nitrogens with zero attached hydrogens (tertiary/aromatic N) is 1. The van der Waals surface area contributed by atoms with Gasteiger partial charge >= 0.3 is 0 Å². The van der Waals surface area contributed by atoms with E-state index >= 15 is 0 Å². The number of benzene rings is 2. The van der Waals surface area contributed by atoms with Crippen molar-refractivity contribution >= 4 is 29.1 Å². The Morgan fingerprint density at radius 1 is 1.03 bits per heavy atom. The molecule has 2 aromatic rings. The first-order valence-corrected chi connectivity index (χ1v) is 12.6. The molecule has 3 aliphatic heterocycles. The lowest BCUT2D eigenvalue weighted by molar-refractivity contribution is -0.143. The highest BCUT2D eigenvalue weighted by atomic mass is 16.5. The summed E-state index contributed by atoms with van der Waals surface area (Å²) >= 11 is 0. The number of para-hydroxylation sites is 2. The van der Waals surface area contributed by atoms with E-state index in [2.05, 4.69) is 10.6 Å². The number of hydrogen-bond donors (Lipinski definition) is 3. The summed E-state index contributed by atoms with van der Waals surface area (Å²) in [7, 11) is 0. The molecule has 0 saturated carbocycles. The number of hydrogen-bond acceptors (Lipinski definition) is 5. The minimum atomic E-state index is -1.10. The Balaban J connectivity index is 1.51. The van der Waals surface area contributed by atoms with E-state index in [1.165, 1.54) is 4.90 Å². The van der Waals surface area contributed by atoms with Crippen molar-refractivity contribution in [2.75, 3.05) is 23.8 Å². The molecule has 8 nitrogen and oxygen atoms in total. The van der Waals surface area contributed by atoms with Crippen molar-refractivity contribution in [3.8, 4) is 0 Å². The Bertz CT molecular complexity index is 1180. The fourth-order valence-electron chi connectivity index (χ4n) is 6.55. The summed E-state index contributed by atoms with van der Waals surface area (Å²) in [6, 6.07) is 14.0. The molecular weight excluding hydrogens is 458 g/mol. The van der Waals surface area contributed by atoms with E-state index in [0.29, 0.717) is 30.6 Å². The average Bonchev–Trinajstić information content (AvgIpc) is 3.41. The molecule has 3 N–H and O–H groups in total. The summed E-state index contributed by atoms with van der Waals surface area (Å²) in [6.07, 6.45) is 1.42. The SMILES string of the molecule is Cc1cccc(C)c1NC(=O)C1N(CCCO)C(=O)[C@@H]2[C@@H](C(=O)Nc3ccccc3)[C@@]3(C)CCC12O3. The zero-order valence-electron chi connectivity index (χ0n) is 20.9. The van der Waals surface area contributed by atoms with E-state index in [9.17, 15) is 19.5 Å². The lowest BCUT2D eigenvalue weighted by Crippen LogP contribution is -2.53. The van der Waals surface area contributed by atoms with Crippen LogP contribution < -0.4 is 10.6 Å². The topological polar surface area (TPSA) is 108 Å². The van der Waals surface area contributed by atoms with Crippen molar-refractivity contribution in [2.45, 2.75) is 57.3 Å². The molecule has 36 heavy (non-hydrogen) atoms. The standard InChI is InChI=1S/C28H33N3O5/c1-17-9-7-10-18(2)22(17)30-25(34)23-28-14-13-27(3,36-28)20(21(28)26(35)31(23)15-8-16-32)24(33)29-19-11-5-4-6-12-19/h4-7,9-12,20-21,23,32H,8,13-16H2,1-3H3,(H,29,33)(H,30,34)/t20-,21-,23?,27+,28?/m0/s1. The van der Waals surface area contributed by atoms with E-state index in [1.54, 1.807) is 12.1 Å². The summed E-state index contributed by atoms with van der Waals surface area (Å²) in [6.45, 7) is 5.83. The van der Waals surface area contributed by atoms with E-state index in [0.717, 1.165) is 11.1 Å². The molecule has 1 spiro atoms. The van der Waals surface area contributed by atoms with Crippen molar-refractivity contribution in [1.82, 2.24) is 4.90 Å². The number of nitrogens with one attached hydrogen (secondary N) is 2. The number of aliphatic hydroxyl groups excluding tert-OH is 1.